The van der Waals surface area contributed by atoms with E-state index in [1.807, 2.05) is 24.3 Å². The molecule has 0 saturated heterocycles. The van der Waals surface area contributed by atoms with Gasteiger partial charge in [0.05, 0.1) is 0 Å². The van der Waals surface area contributed by atoms with E-state index in [1.165, 1.54) is 0 Å². The van der Waals surface area contributed by atoms with Gasteiger partial charge < -0.3 is 10.4 Å². The van der Waals surface area contributed by atoms with E-state index in [-0.39, 0.29) is 0 Å². The van der Waals surface area contributed by atoms with Gasteiger partial charge in [0.1, 0.15) is 5.75 Å². The molecular weight excluding hydrogens is 234 g/mol. The monoisotopic (exact) mass is 253 g/mol. The number of benzene rings is 2. The lowest BCUT2D eigenvalue weighted by Gasteiger charge is -2.16. The van der Waals surface area contributed by atoms with E-state index >= 15 is 0 Å². The summed E-state index contributed by atoms with van der Waals surface area (Å²) in [6.07, 6.45) is 7.05. The summed E-state index contributed by atoms with van der Waals surface area (Å²) in [4.78, 5) is 0. The Kier molecular flexibility index (Phi) is 4.43. The van der Waals surface area contributed by atoms with Crippen LogP contribution in [0.3, 0.4) is 0 Å². The van der Waals surface area contributed by atoms with E-state index in [9.17, 15) is 5.11 Å². The number of terminal acetylenes is 1. The van der Waals surface area contributed by atoms with Crippen LogP contribution in [0.25, 0.3) is 10.8 Å². The summed E-state index contributed by atoms with van der Waals surface area (Å²) in [6.45, 7) is 2.74. The molecule has 98 valence electrons. The molecular formula is C17H19NO. The summed E-state index contributed by atoms with van der Waals surface area (Å²) in [5.41, 5.74) is 0.938. The zero-order chi connectivity index (χ0) is 13.7. The maximum atomic E-state index is 10.0. The van der Waals surface area contributed by atoms with Crippen molar-refractivity contribution in [1.82, 2.24) is 5.32 Å². The fourth-order valence-corrected chi connectivity index (χ4v) is 2.26. The van der Waals surface area contributed by atoms with Crippen LogP contribution in [0.15, 0.2) is 36.4 Å². The fourth-order valence-electron chi connectivity index (χ4n) is 2.26. The number of phenolic OH excluding ortho intramolecular Hbond substituents is 1. The second-order valence-electron chi connectivity index (χ2n) is 4.68. The molecule has 1 atom stereocenters. The summed E-state index contributed by atoms with van der Waals surface area (Å²) in [5.74, 6) is 3.02. The van der Waals surface area contributed by atoms with Crippen molar-refractivity contribution in [2.75, 3.05) is 0 Å². The van der Waals surface area contributed by atoms with Gasteiger partial charge >= 0.3 is 0 Å². The summed E-state index contributed by atoms with van der Waals surface area (Å²) in [7, 11) is 0. The quantitative estimate of drug-likeness (QED) is 0.800. The van der Waals surface area contributed by atoms with Crippen LogP contribution in [0.5, 0.6) is 5.75 Å². The fraction of sp³-hybridized carbons (Fsp3) is 0.294. The predicted molar refractivity (Wildman–Crippen MR) is 80.0 cm³/mol. The zero-order valence-corrected chi connectivity index (χ0v) is 11.2. The Labute approximate surface area is 114 Å². The maximum Gasteiger partial charge on any atom is 0.120 e. The lowest BCUT2D eigenvalue weighted by atomic mass is 10.0. The number of hydrogen-bond acceptors (Lipinski definition) is 2. The molecule has 19 heavy (non-hydrogen) atoms. The van der Waals surface area contributed by atoms with E-state index in [4.69, 9.17) is 6.42 Å². The minimum absolute atomic E-state index is 0.295. The Morgan fingerprint density at radius 1 is 1.26 bits per heavy atom. The third-order valence-electron chi connectivity index (χ3n) is 3.44. The molecule has 2 aromatic rings. The van der Waals surface area contributed by atoms with Gasteiger partial charge in [-0.3, -0.25) is 0 Å². The van der Waals surface area contributed by atoms with Crippen molar-refractivity contribution >= 4 is 10.8 Å². The average Bonchev–Trinajstić information content (AvgIpc) is 2.45. The van der Waals surface area contributed by atoms with Crippen LogP contribution in [-0.2, 0) is 6.54 Å². The van der Waals surface area contributed by atoms with Crippen molar-refractivity contribution in [3.8, 4) is 18.1 Å². The summed E-state index contributed by atoms with van der Waals surface area (Å²) >= 11 is 0. The highest BCUT2D eigenvalue weighted by atomic mass is 16.3. The number of phenols is 1. The first-order valence-electron chi connectivity index (χ1n) is 6.62. The molecule has 0 amide bonds. The van der Waals surface area contributed by atoms with Crippen molar-refractivity contribution in [2.24, 2.45) is 0 Å². The van der Waals surface area contributed by atoms with Crippen LogP contribution in [0.4, 0.5) is 0 Å². The van der Waals surface area contributed by atoms with E-state index in [0.29, 0.717) is 24.8 Å². The van der Waals surface area contributed by atoms with Crippen LogP contribution in [0.1, 0.15) is 25.3 Å². The molecule has 0 radical (unpaired) electrons. The Hall–Kier alpha value is -1.98. The molecule has 1 unspecified atom stereocenters. The molecule has 2 rings (SSSR count). The van der Waals surface area contributed by atoms with E-state index in [2.05, 4.69) is 24.2 Å². The Bertz CT molecular complexity index is 598. The average molecular weight is 253 g/mol. The predicted octanol–water partition coefficient (Wildman–Crippen LogP) is 3.44. The molecule has 0 fully saturated rings. The van der Waals surface area contributed by atoms with Crippen LogP contribution in [0, 0.1) is 12.3 Å². The maximum absolute atomic E-state index is 10.0. The van der Waals surface area contributed by atoms with Crippen molar-refractivity contribution in [3.63, 3.8) is 0 Å². The molecule has 0 aliphatic rings. The minimum Gasteiger partial charge on any atom is -0.508 e. The summed E-state index contributed by atoms with van der Waals surface area (Å²) < 4.78 is 0. The largest absolute Gasteiger partial charge is 0.508 e. The zero-order valence-electron chi connectivity index (χ0n) is 11.2. The third kappa shape index (κ3) is 3.07. The molecule has 2 aromatic carbocycles. The first-order chi connectivity index (χ1) is 9.26. The van der Waals surface area contributed by atoms with Gasteiger partial charge in [0.25, 0.3) is 0 Å². The van der Waals surface area contributed by atoms with E-state index in [1.54, 1.807) is 6.07 Å². The van der Waals surface area contributed by atoms with Crippen LogP contribution in [0.2, 0.25) is 0 Å². The van der Waals surface area contributed by atoms with Gasteiger partial charge in [-0.15, -0.1) is 12.3 Å². The van der Waals surface area contributed by atoms with E-state index in [0.717, 1.165) is 22.8 Å². The van der Waals surface area contributed by atoms with Crippen molar-refractivity contribution < 1.29 is 5.11 Å². The van der Waals surface area contributed by atoms with Gasteiger partial charge in [0.2, 0.25) is 0 Å². The summed E-state index contributed by atoms with van der Waals surface area (Å²) in [6, 6.07) is 12.1. The highest BCUT2D eigenvalue weighted by molar-refractivity contribution is 5.87. The second-order valence-corrected chi connectivity index (χ2v) is 4.68. The normalized spacial score (nSPS) is 12.2. The Morgan fingerprint density at radius 3 is 2.79 bits per heavy atom. The van der Waals surface area contributed by atoms with Gasteiger partial charge in [-0.1, -0.05) is 37.3 Å². The first-order valence-corrected chi connectivity index (χ1v) is 6.62. The van der Waals surface area contributed by atoms with Crippen LogP contribution >= 0.6 is 0 Å². The lowest BCUT2D eigenvalue weighted by Crippen LogP contribution is -2.27. The van der Waals surface area contributed by atoms with Gasteiger partial charge in [-0.05, 0) is 23.3 Å². The molecule has 0 spiro atoms. The van der Waals surface area contributed by atoms with Crippen molar-refractivity contribution in [3.05, 3.63) is 42.0 Å². The molecule has 2 heteroatoms. The number of aromatic hydroxyl groups is 1. The number of rotatable bonds is 5. The molecule has 0 heterocycles. The van der Waals surface area contributed by atoms with Crippen molar-refractivity contribution in [2.45, 2.75) is 32.4 Å². The Morgan fingerprint density at radius 2 is 2.05 bits per heavy atom. The molecule has 0 aromatic heterocycles. The second kappa shape index (κ2) is 6.26. The first kappa shape index (κ1) is 13.5. The standard InChI is InChI=1S/C17H19NO/c1-3-7-14(4-2)18-12-16-15-9-6-5-8-13(15)10-11-17(16)19/h1,5-6,8-11,14,18-19H,4,7,12H2,2H3. The van der Waals surface area contributed by atoms with Gasteiger partial charge in [0.15, 0.2) is 0 Å². The van der Waals surface area contributed by atoms with Gasteiger partial charge in [-0.2, -0.15) is 0 Å². The highest BCUT2D eigenvalue weighted by Crippen LogP contribution is 2.27. The van der Waals surface area contributed by atoms with E-state index < -0.39 is 0 Å². The molecule has 0 aliphatic heterocycles. The molecule has 2 nitrogen and oxygen atoms in total. The third-order valence-corrected chi connectivity index (χ3v) is 3.44. The minimum atomic E-state index is 0.295. The highest BCUT2D eigenvalue weighted by Gasteiger charge is 2.09. The van der Waals surface area contributed by atoms with Crippen molar-refractivity contribution in [1.29, 1.82) is 0 Å². The van der Waals surface area contributed by atoms with Crippen LogP contribution in [-0.4, -0.2) is 11.1 Å². The topological polar surface area (TPSA) is 32.3 Å². The molecule has 0 bridgehead atoms. The molecule has 0 aliphatic carbocycles. The smallest absolute Gasteiger partial charge is 0.120 e. The number of fused-ring (bicyclic) bond motifs is 1. The number of hydrogen-bond donors (Lipinski definition) is 2. The van der Waals surface area contributed by atoms with Crippen LogP contribution < -0.4 is 5.32 Å². The molecule has 0 saturated carbocycles. The lowest BCUT2D eigenvalue weighted by molar-refractivity contribution is 0.455. The van der Waals surface area contributed by atoms with Gasteiger partial charge in [-0.25, -0.2) is 0 Å². The Balaban J connectivity index is 2.25. The number of nitrogens with one attached hydrogen (secondary N) is 1. The van der Waals surface area contributed by atoms with Gasteiger partial charge in [0, 0.05) is 24.6 Å². The summed E-state index contributed by atoms with van der Waals surface area (Å²) in [5, 5.41) is 15.7. The molecule has 2 N–H and O–H groups in total. The SMILES string of the molecule is C#CCC(CC)NCc1c(O)ccc2ccccc12.